The minimum absolute atomic E-state index is 0.356. The third-order valence-electron chi connectivity index (χ3n) is 5.96. The number of aromatic nitrogens is 3. The average molecular weight is 372 g/mol. The first kappa shape index (κ1) is 20.2. The Balaban J connectivity index is 1.55. The van der Waals surface area contributed by atoms with Crippen LogP contribution in [0.4, 0.5) is 0 Å². The molecule has 0 bridgehead atoms. The van der Waals surface area contributed by atoms with Gasteiger partial charge in [-0.25, -0.2) is 4.68 Å². The highest BCUT2D eigenvalue weighted by molar-refractivity contribution is 5.37. The van der Waals surface area contributed by atoms with Crippen LogP contribution in [-0.2, 0) is 6.54 Å². The molecule has 1 atom stereocenters. The van der Waals surface area contributed by atoms with Crippen molar-refractivity contribution in [2.45, 2.75) is 78.9 Å². The predicted molar refractivity (Wildman–Crippen MR) is 113 cm³/mol. The average Bonchev–Trinajstić information content (AvgIpc) is 3.21. The van der Waals surface area contributed by atoms with E-state index in [1.54, 1.807) is 0 Å². The molecule has 0 amide bonds. The van der Waals surface area contributed by atoms with E-state index in [4.69, 9.17) is 0 Å². The SMILES string of the molecule is Cc1cc(CNCCCN2CCCC[C@H]2C)c(C)n1-c1ccnn1C(C)C. The molecule has 0 aliphatic carbocycles. The molecule has 1 aliphatic heterocycles. The largest absolute Gasteiger partial charge is 0.313 e. The van der Waals surface area contributed by atoms with Gasteiger partial charge in [0.1, 0.15) is 5.82 Å². The Morgan fingerprint density at radius 3 is 2.81 bits per heavy atom. The number of nitrogens with one attached hydrogen (secondary N) is 1. The van der Waals surface area contributed by atoms with Gasteiger partial charge >= 0.3 is 0 Å². The Morgan fingerprint density at radius 1 is 1.26 bits per heavy atom. The fourth-order valence-corrected chi connectivity index (χ4v) is 4.36. The van der Waals surface area contributed by atoms with Crippen molar-refractivity contribution in [1.29, 1.82) is 0 Å². The van der Waals surface area contributed by atoms with Crippen molar-refractivity contribution in [3.63, 3.8) is 0 Å². The zero-order chi connectivity index (χ0) is 19.4. The summed E-state index contributed by atoms with van der Waals surface area (Å²) in [5.74, 6) is 1.16. The van der Waals surface area contributed by atoms with Gasteiger partial charge in [0.25, 0.3) is 0 Å². The quantitative estimate of drug-likeness (QED) is 0.706. The highest BCUT2D eigenvalue weighted by atomic mass is 15.3. The maximum absolute atomic E-state index is 4.50. The normalized spacial score (nSPS) is 18.5. The van der Waals surface area contributed by atoms with Crippen LogP contribution in [0.15, 0.2) is 18.3 Å². The van der Waals surface area contributed by atoms with Gasteiger partial charge in [0, 0.05) is 36.1 Å². The summed E-state index contributed by atoms with van der Waals surface area (Å²) in [6, 6.07) is 5.54. The fourth-order valence-electron chi connectivity index (χ4n) is 4.36. The van der Waals surface area contributed by atoms with Gasteiger partial charge in [-0.1, -0.05) is 6.42 Å². The van der Waals surface area contributed by atoms with E-state index < -0.39 is 0 Å². The van der Waals surface area contributed by atoms with E-state index in [2.05, 4.69) is 71.3 Å². The molecule has 5 nitrogen and oxygen atoms in total. The lowest BCUT2D eigenvalue weighted by molar-refractivity contribution is 0.159. The maximum atomic E-state index is 4.50. The van der Waals surface area contributed by atoms with Crippen LogP contribution in [0.25, 0.3) is 5.82 Å². The van der Waals surface area contributed by atoms with Crippen molar-refractivity contribution < 1.29 is 0 Å². The number of nitrogens with zero attached hydrogens (tertiary/aromatic N) is 4. The van der Waals surface area contributed by atoms with Crippen LogP contribution >= 0.6 is 0 Å². The molecule has 5 heteroatoms. The lowest BCUT2D eigenvalue weighted by Crippen LogP contribution is -2.38. The summed E-state index contributed by atoms with van der Waals surface area (Å²) in [6.07, 6.45) is 7.27. The van der Waals surface area contributed by atoms with Crippen molar-refractivity contribution in [1.82, 2.24) is 24.6 Å². The number of likely N-dealkylation sites (tertiary alicyclic amines) is 1. The number of rotatable bonds is 8. The maximum Gasteiger partial charge on any atom is 0.135 e. The second-order valence-corrected chi connectivity index (χ2v) is 8.37. The first-order valence-corrected chi connectivity index (χ1v) is 10.7. The van der Waals surface area contributed by atoms with Crippen LogP contribution in [-0.4, -0.2) is 44.9 Å². The van der Waals surface area contributed by atoms with Crippen LogP contribution in [0.1, 0.15) is 69.4 Å². The zero-order valence-corrected chi connectivity index (χ0v) is 17.8. The monoisotopic (exact) mass is 371 g/mol. The Hall–Kier alpha value is -1.59. The second kappa shape index (κ2) is 9.07. The Labute approximate surface area is 164 Å². The highest BCUT2D eigenvalue weighted by Gasteiger charge is 2.17. The zero-order valence-electron chi connectivity index (χ0n) is 17.8. The van der Waals surface area contributed by atoms with Crippen molar-refractivity contribution in [3.8, 4) is 5.82 Å². The smallest absolute Gasteiger partial charge is 0.135 e. The van der Waals surface area contributed by atoms with Crippen LogP contribution in [0.2, 0.25) is 0 Å². The molecule has 0 unspecified atom stereocenters. The predicted octanol–water partition coefficient (Wildman–Crippen LogP) is 4.23. The molecular formula is C22H37N5. The van der Waals surface area contributed by atoms with Gasteiger partial charge < -0.3 is 14.8 Å². The third-order valence-corrected chi connectivity index (χ3v) is 5.96. The van der Waals surface area contributed by atoms with E-state index in [0.29, 0.717) is 6.04 Å². The summed E-state index contributed by atoms with van der Waals surface area (Å²) in [6.45, 7) is 15.7. The number of piperidine rings is 1. The lowest BCUT2D eigenvalue weighted by Gasteiger charge is -2.33. The van der Waals surface area contributed by atoms with E-state index in [0.717, 1.165) is 24.9 Å². The molecule has 3 rings (SSSR count). The standard InChI is InChI=1S/C22H37N5/c1-17(2)27-22(10-12-24-27)26-19(4)15-21(20(26)5)16-23-11-8-14-25-13-7-6-9-18(25)3/h10,12,15,17-18,23H,6-9,11,13-14,16H2,1-5H3/t18-/m1/s1. The lowest BCUT2D eigenvalue weighted by atomic mass is 10.0. The topological polar surface area (TPSA) is 38.0 Å². The summed E-state index contributed by atoms with van der Waals surface area (Å²) < 4.78 is 4.43. The number of aryl methyl sites for hydroxylation is 1. The fraction of sp³-hybridized carbons (Fsp3) is 0.682. The van der Waals surface area contributed by atoms with Gasteiger partial charge in [0.15, 0.2) is 0 Å². The molecular weight excluding hydrogens is 334 g/mol. The summed E-state index contributed by atoms with van der Waals surface area (Å²) in [5, 5.41) is 8.15. The Bertz CT molecular complexity index is 727. The van der Waals surface area contributed by atoms with Crippen molar-refractivity contribution >= 4 is 0 Å². The van der Waals surface area contributed by atoms with Gasteiger partial charge in [-0.05, 0) is 85.1 Å². The number of hydrogen-bond acceptors (Lipinski definition) is 3. The Kier molecular flexibility index (Phi) is 6.77. The van der Waals surface area contributed by atoms with E-state index >= 15 is 0 Å². The van der Waals surface area contributed by atoms with E-state index in [-0.39, 0.29) is 0 Å². The molecule has 1 fully saturated rings. The van der Waals surface area contributed by atoms with Gasteiger partial charge in [-0.3, -0.25) is 0 Å². The van der Waals surface area contributed by atoms with Gasteiger partial charge in [0.05, 0.1) is 6.20 Å². The van der Waals surface area contributed by atoms with E-state index in [9.17, 15) is 0 Å². The van der Waals surface area contributed by atoms with Crippen LogP contribution in [0, 0.1) is 13.8 Å². The summed E-state index contributed by atoms with van der Waals surface area (Å²) in [7, 11) is 0. The van der Waals surface area contributed by atoms with Gasteiger partial charge in [0.2, 0.25) is 0 Å². The minimum atomic E-state index is 0.356. The molecule has 0 spiro atoms. The molecule has 2 aromatic heterocycles. The number of hydrogen-bond donors (Lipinski definition) is 1. The first-order chi connectivity index (χ1) is 13.0. The molecule has 1 saturated heterocycles. The molecule has 150 valence electrons. The highest BCUT2D eigenvalue weighted by Crippen LogP contribution is 2.22. The summed E-state index contributed by atoms with van der Waals surface area (Å²) in [5.41, 5.74) is 3.97. The van der Waals surface area contributed by atoms with Crippen LogP contribution in [0.3, 0.4) is 0 Å². The molecule has 27 heavy (non-hydrogen) atoms. The molecule has 0 aromatic carbocycles. The molecule has 1 N–H and O–H groups in total. The molecule has 0 saturated carbocycles. The summed E-state index contributed by atoms with van der Waals surface area (Å²) in [4.78, 5) is 2.66. The summed E-state index contributed by atoms with van der Waals surface area (Å²) >= 11 is 0. The molecule has 1 aliphatic rings. The van der Waals surface area contributed by atoms with Crippen molar-refractivity contribution in [3.05, 3.63) is 35.3 Å². The first-order valence-electron chi connectivity index (χ1n) is 10.7. The van der Waals surface area contributed by atoms with Crippen molar-refractivity contribution in [2.75, 3.05) is 19.6 Å². The molecule has 3 heterocycles. The minimum Gasteiger partial charge on any atom is -0.313 e. The second-order valence-electron chi connectivity index (χ2n) is 8.37. The van der Waals surface area contributed by atoms with Gasteiger partial charge in [-0.15, -0.1) is 0 Å². The molecule has 0 radical (unpaired) electrons. The van der Waals surface area contributed by atoms with Crippen LogP contribution in [0.5, 0.6) is 0 Å². The Morgan fingerprint density at radius 2 is 2.07 bits per heavy atom. The van der Waals surface area contributed by atoms with E-state index in [1.165, 1.54) is 55.7 Å². The van der Waals surface area contributed by atoms with Crippen LogP contribution < -0.4 is 5.32 Å². The van der Waals surface area contributed by atoms with Gasteiger partial charge in [-0.2, -0.15) is 5.10 Å². The molecule has 2 aromatic rings. The third kappa shape index (κ3) is 4.64. The van der Waals surface area contributed by atoms with E-state index in [1.807, 2.05) is 6.20 Å². The van der Waals surface area contributed by atoms with Crippen molar-refractivity contribution in [2.24, 2.45) is 0 Å².